The molecule has 0 radical (unpaired) electrons. The summed E-state index contributed by atoms with van der Waals surface area (Å²) in [6, 6.07) is 7.00. The molecule has 0 saturated heterocycles. The Bertz CT molecular complexity index is 864. The minimum Gasteiger partial charge on any atom is -0.465 e. The van der Waals surface area contributed by atoms with Crippen molar-refractivity contribution in [1.82, 2.24) is 0 Å². The van der Waals surface area contributed by atoms with E-state index >= 15 is 0 Å². The molecule has 8 heteroatoms. The van der Waals surface area contributed by atoms with Crippen LogP contribution >= 0.6 is 11.6 Å². The van der Waals surface area contributed by atoms with Gasteiger partial charge in [-0.05, 0) is 48.9 Å². The van der Waals surface area contributed by atoms with Crippen LogP contribution < -0.4 is 4.18 Å². The molecule has 5 nitrogen and oxygen atoms in total. The monoisotopic (exact) mass is 358 g/mol. The second kappa shape index (κ2) is 6.55. The lowest BCUT2D eigenvalue weighted by Gasteiger charge is -2.11. The fourth-order valence-corrected chi connectivity index (χ4v) is 3.29. The first-order valence-corrected chi connectivity index (χ1v) is 8.11. The fourth-order valence-electron chi connectivity index (χ4n) is 1.88. The van der Waals surface area contributed by atoms with Crippen molar-refractivity contribution in [2.24, 2.45) is 0 Å². The molecule has 0 aliphatic rings. The molecule has 122 valence electrons. The second-order valence-electron chi connectivity index (χ2n) is 4.58. The van der Waals surface area contributed by atoms with Crippen LogP contribution in [0.25, 0.3) is 0 Å². The topological polar surface area (TPSA) is 69.7 Å². The van der Waals surface area contributed by atoms with Crippen molar-refractivity contribution in [3.8, 4) is 5.75 Å². The van der Waals surface area contributed by atoms with Crippen LogP contribution in [0.3, 0.4) is 0 Å². The smallest absolute Gasteiger partial charge is 0.339 e. The van der Waals surface area contributed by atoms with Gasteiger partial charge >= 0.3 is 16.1 Å². The maximum absolute atomic E-state index is 13.0. The van der Waals surface area contributed by atoms with Gasteiger partial charge in [0.25, 0.3) is 0 Å². The Hall–Kier alpha value is -2.12. The molecular weight excluding hydrogens is 347 g/mol. The standard InChI is InChI=1S/C15H12ClFO5S/c1-9-7-10(15(18)21-2)3-6-14(9)23(19,20)22-13-5-4-11(17)8-12(13)16/h3-8H,1-2H3. The quantitative estimate of drug-likeness (QED) is 0.619. The van der Waals surface area contributed by atoms with Crippen molar-refractivity contribution in [3.63, 3.8) is 0 Å². The van der Waals surface area contributed by atoms with Crippen LogP contribution in [-0.2, 0) is 14.9 Å². The zero-order chi connectivity index (χ0) is 17.2. The van der Waals surface area contributed by atoms with Crippen LogP contribution in [0.4, 0.5) is 4.39 Å². The third kappa shape index (κ3) is 3.80. The van der Waals surface area contributed by atoms with Gasteiger partial charge in [-0.15, -0.1) is 0 Å². The average molecular weight is 359 g/mol. The van der Waals surface area contributed by atoms with Gasteiger partial charge in [0.05, 0.1) is 17.7 Å². The Morgan fingerprint density at radius 3 is 2.43 bits per heavy atom. The molecule has 0 heterocycles. The van der Waals surface area contributed by atoms with Crippen molar-refractivity contribution < 1.29 is 26.5 Å². The van der Waals surface area contributed by atoms with Crippen LogP contribution in [0.15, 0.2) is 41.3 Å². The summed E-state index contributed by atoms with van der Waals surface area (Å²) in [5.41, 5.74) is 0.509. The molecule has 2 aromatic carbocycles. The lowest BCUT2D eigenvalue weighted by molar-refractivity contribution is 0.0600. The molecule has 2 rings (SSSR count). The molecule has 0 atom stereocenters. The Morgan fingerprint density at radius 1 is 1.17 bits per heavy atom. The van der Waals surface area contributed by atoms with Crippen molar-refractivity contribution in [2.45, 2.75) is 11.8 Å². The summed E-state index contributed by atoms with van der Waals surface area (Å²) >= 11 is 5.76. The highest BCUT2D eigenvalue weighted by atomic mass is 35.5. The van der Waals surface area contributed by atoms with Crippen molar-refractivity contribution in [2.75, 3.05) is 7.11 Å². The van der Waals surface area contributed by atoms with E-state index in [1.54, 1.807) is 0 Å². The van der Waals surface area contributed by atoms with Crippen LogP contribution in [-0.4, -0.2) is 21.5 Å². The highest BCUT2D eigenvalue weighted by Crippen LogP contribution is 2.29. The number of carbonyl (C=O) groups excluding carboxylic acids is 1. The summed E-state index contributed by atoms with van der Waals surface area (Å²) < 4.78 is 47.1. The van der Waals surface area contributed by atoms with Gasteiger partial charge in [-0.25, -0.2) is 9.18 Å². The molecule has 0 aliphatic heterocycles. The van der Waals surface area contributed by atoms with Gasteiger partial charge in [0.15, 0.2) is 5.75 Å². The maximum Gasteiger partial charge on any atom is 0.339 e. The van der Waals surface area contributed by atoms with Crippen molar-refractivity contribution in [3.05, 3.63) is 58.4 Å². The molecule has 0 unspecified atom stereocenters. The normalized spacial score (nSPS) is 11.1. The number of rotatable bonds is 4. The molecule has 0 bridgehead atoms. The number of carbonyl (C=O) groups is 1. The second-order valence-corrected chi connectivity index (χ2v) is 6.51. The first-order valence-electron chi connectivity index (χ1n) is 6.33. The predicted octanol–water partition coefficient (Wildman–Crippen LogP) is 3.34. The number of hydrogen-bond donors (Lipinski definition) is 0. The summed E-state index contributed by atoms with van der Waals surface area (Å²) in [6.45, 7) is 1.51. The fraction of sp³-hybridized carbons (Fsp3) is 0.133. The van der Waals surface area contributed by atoms with Gasteiger partial charge in [-0.2, -0.15) is 8.42 Å². The van der Waals surface area contributed by atoms with Gasteiger partial charge in [-0.1, -0.05) is 11.6 Å². The summed E-state index contributed by atoms with van der Waals surface area (Å²) in [7, 11) is -2.96. The van der Waals surface area contributed by atoms with Crippen LogP contribution in [0, 0.1) is 12.7 Å². The molecule has 0 N–H and O–H groups in total. The molecule has 0 saturated carbocycles. The zero-order valence-electron chi connectivity index (χ0n) is 12.2. The largest absolute Gasteiger partial charge is 0.465 e. The van der Waals surface area contributed by atoms with Crippen molar-refractivity contribution in [1.29, 1.82) is 0 Å². The minimum atomic E-state index is -4.19. The number of benzene rings is 2. The van der Waals surface area contributed by atoms with E-state index < -0.39 is 21.9 Å². The molecule has 0 aliphatic carbocycles. The number of esters is 1. The Labute approximate surface area is 137 Å². The highest BCUT2D eigenvalue weighted by Gasteiger charge is 2.22. The maximum atomic E-state index is 13.0. The average Bonchev–Trinajstić information content (AvgIpc) is 2.48. The highest BCUT2D eigenvalue weighted by molar-refractivity contribution is 7.87. The summed E-state index contributed by atoms with van der Waals surface area (Å²) in [4.78, 5) is 11.3. The summed E-state index contributed by atoms with van der Waals surface area (Å²) in [6.07, 6.45) is 0. The minimum absolute atomic E-state index is 0.134. The first kappa shape index (κ1) is 17.2. The third-order valence-corrected chi connectivity index (χ3v) is 4.65. The lowest BCUT2D eigenvalue weighted by Crippen LogP contribution is -2.12. The van der Waals surface area contributed by atoms with E-state index in [0.717, 1.165) is 18.2 Å². The Kier molecular flexibility index (Phi) is 4.91. The first-order chi connectivity index (χ1) is 10.7. The molecule has 0 amide bonds. The van der Waals surface area contributed by atoms with Crippen LogP contribution in [0.2, 0.25) is 5.02 Å². The van der Waals surface area contributed by atoms with Crippen molar-refractivity contribution >= 4 is 27.7 Å². The van der Waals surface area contributed by atoms with E-state index in [1.165, 1.54) is 32.2 Å². The molecule has 23 heavy (non-hydrogen) atoms. The van der Waals surface area contributed by atoms with Gasteiger partial charge < -0.3 is 8.92 Å². The number of aryl methyl sites for hydroxylation is 1. The molecular formula is C15H12ClFO5S. The molecule has 0 aromatic heterocycles. The van der Waals surface area contributed by atoms with E-state index in [4.69, 9.17) is 15.8 Å². The zero-order valence-corrected chi connectivity index (χ0v) is 13.7. The van der Waals surface area contributed by atoms with E-state index in [0.29, 0.717) is 5.56 Å². The van der Waals surface area contributed by atoms with Gasteiger partial charge in [0.1, 0.15) is 10.7 Å². The SMILES string of the molecule is COC(=O)c1ccc(S(=O)(=O)Oc2ccc(F)cc2Cl)c(C)c1. The van der Waals surface area contributed by atoms with Gasteiger partial charge in [-0.3, -0.25) is 0 Å². The van der Waals surface area contributed by atoms with Gasteiger partial charge in [0.2, 0.25) is 0 Å². The number of halogens is 2. The summed E-state index contributed by atoms with van der Waals surface area (Å²) in [5.74, 6) is -1.39. The molecule has 2 aromatic rings. The number of methoxy groups -OCH3 is 1. The van der Waals surface area contributed by atoms with Gasteiger partial charge in [0, 0.05) is 0 Å². The lowest BCUT2D eigenvalue weighted by atomic mass is 10.1. The Morgan fingerprint density at radius 2 is 1.87 bits per heavy atom. The van der Waals surface area contributed by atoms with E-state index in [-0.39, 0.29) is 21.2 Å². The predicted molar refractivity (Wildman–Crippen MR) is 81.7 cm³/mol. The molecule has 0 fully saturated rings. The van der Waals surface area contributed by atoms with E-state index in [1.807, 2.05) is 0 Å². The molecule has 0 spiro atoms. The Balaban J connectivity index is 2.38. The van der Waals surface area contributed by atoms with Crippen LogP contribution in [0.1, 0.15) is 15.9 Å². The van der Waals surface area contributed by atoms with E-state index in [9.17, 15) is 17.6 Å². The van der Waals surface area contributed by atoms with Crippen LogP contribution in [0.5, 0.6) is 5.75 Å². The third-order valence-electron chi connectivity index (χ3n) is 2.96. The number of ether oxygens (including phenoxy) is 1. The summed E-state index contributed by atoms with van der Waals surface area (Å²) in [5, 5.41) is -0.169. The number of hydrogen-bond acceptors (Lipinski definition) is 5. The van der Waals surface area contributed by atoms with E-state index in [2.05, 4.69) is 4.74 Å².